The fraction of sp³-hybridized carbons (Fsp3) is 0.312. The van der Waals surface area contributed by atoms with Crippen LogP contribution < -0.4 is 5.56 Å². The molecule has 0 aliphatic heterocycles. The summed E-state index contributed by atoms with van der Waals surface area (Å²) < 4.78 is 6.63. The number of nitrogens with zero attached hydrogens (tertiary/aromatic N) is 4. The molecule has 3 rings (SSSR count). The summed E-state index contributed by atoms with van der Waals surface area (Å²) >= 11 is 0. The van der Waals surface area contributed by atoms with E-state index in [4.69, 9.17) is 4.52 Å². The van der Waals surface area contributed by atoms with Crippen molar-refractivity contribution >= 4 is 5.65 Å². The zero-order chi connectivity index (χ0) is 15.7. The van der Waals surface area contributed by atoms with Crippen LogP contribution in [0.3, 0.4) is 0 Å². The molecule has 6 nitrogen and oxygen atoms in total. The summed E-state index contributed by atoms with van der Waals surface area (Å²) in [4.78, 5) is 18.8. The van der Waals surface area contributed by atoms with Gasteiger partial charge in [-0.1, -0.05) is 11.2 Å². The van der Waals surface area contributed by atoms with Gasteiger partial charge in [-0.15, -0.1) is 0 Å². The van der Waals surface area contributed by atoms with Gasteiger partial charge in [0.2, 0.25) is 0 Å². The second kappa shape index (κ2) is 5.73. The Morgan fingerprint density at radius 2 is 2.00 bits per heavy atom. The van der Waals surface area contributed by atoms with Gasteiger partial charge in [0.1, 0.15) is 11.4 Å². The average Bonchev–Trinajstić information content (AvgIpc) is 2.85. The molecule has 0 fully saturated rings. The van der Waals surface area contributed by atoms with E-state index in [1.807, 2.05) is 44.0 Å². The molecule has 0 amide bonds. The van der Waals surface area contributed by atoms with E-state index in [1.54, 1.807) is 16.7 Å². The summed E-state index contributed by atoms with van der Waals surface area (Å²) in [6.45, 7) is 5.04. The highest BCUT2D eigenvalue weighted by atomic mass is 16.5. The van der Waals surface area contributed by atoms with Gasteiger partial charge in [0.25, 0.3) is 5.56 Å². The van der Waals surface area contributed by atoms with Crippen LogP contribution in [0.5, 0.6) is 0 Å². The van der Waals surface area contributed by atoms with Crippen molar-refractivity contribution in [1.82, 2.24) is 19.4 Å². The summed E-state index contributed by atoms with van der Waals surface area (Å²) in [6, 6.07) is 7.29. The molecule has 0 aliphatic carbocycles. The predicted octanol–water partition coefficient (Wildman–Crippen LogP) is 1.93. The van der Waals surface area contributed by atoms with E-state index in [1.165, 1.54) is 0 Å². The molecule has 0 N–H and O–H groups in total. The molecule has 0 radical (unpaired) electrons. The predicted molar refractivity (Wildman–Crippen MR) is 82.6 cm³/mol. The first-order chi connectivity index (χ1) is 10.5. The third-order valence-electron chi connectivity index (χ3n) is 3.48. The Morgan fingerprint density at radius 3 is 2.73 bits per heavy atom. The van der Waals surface area contributed by atoms with E-state index >= 15 is 0 Å². The summed E-state index contributed by atoms with van der Waals surface area (Å²) in [5.74, 6) is 0.793. The van der Waals surface area contributed by atoms with Crippen LogP contribution in [0.2, 0.25) is 0 Å². The lowest BCUT2D eigenvalue weighted by Gasteiger charge is -2.14. The van der Waals surface area contributed by atoms with Gasteiger partial charge in [-0.25, -0.2) is 4.98 Å². The van der Waals surface area contributed by atoms with Gasteiger partial charge in [-0.2, -0.15) is 0 Å². The molecule has 0 saturated heterocycles. The van der Waals surface area contributed by atoms with E-state index in [-0.39, 0.29) is 5.56 Å². The first kappa shape index (κ1) is 14.5. The summed E-state index contributed by atoms with van der Waals surface area (Å²) in [5.41, 5.74) is 3.25. The molecule has 0 unspecified atom stereocenters. The number of aryl methyl sites for hydroxylation is 2. The highest BCUT2D eigenvalue weighted by Gasteiger charge is 2.09. The Balaban J connectivity index is 1.84. The van der Waals surface area contributed by atoms with Crippen molar-refractivity contribution in [2.45, 2.75) is 26.9 Å². The number of hydrogen-bond donors (Lipinski definition) is 0. The maximum absolute atomic E-state index is 12.2. The van der Waals surface area contributed by atoms with Crippen LogP contribution in [-0.2, 0) is 13.1 Å². The zero-order valence-electron chi connectivity index (χ0n) is 12.9. The van der Waals surface area contributed by atoms with E-state index in [0.717, 1.165) is 22.7 Å². The van der Waals surface area contributed by atoms with Crippen molar-refractivity contribution in [3.05, 3.63) is 63.5 Å². The first-order valence-corrected chi connectivity index (χ1v) is 7.11. The largest absolute Gasteiger partial charge is 0.361 e. The van der Waals surface area contributed by atoms with Crippen LogP contribution in [0.4, 0.5) is 0 Å². The van der Waals surface area contributed by atoms with Crippen molar-refractivity contribution in [2.24, 2.45) is 0 Å². The SMILES string of the molecule is Cc1cc(CN(C)Cc2cc(=O)n3cccc(C)c3n2)no1. The fourth-order valence-electron chi connectivity index (χ4n) is 2.49. The lowest BCUT2D eigenvalue weighted by atomic mass is 10.2. The molecule has 0 atom stereocenters. The zero-order valence-corrected chi connectivity index (χ0v) is 12.9. The third kappa shape index (κ3) is 2.92. The van der Waals surface area contributed by atoms with E-state index in [0.29, 0.717) is 18.7 Å². The minimum Gasteiger partial charge on any atom is -0.361 e. The molecule has 6 heteroatoms. The van der Waals surface area contributed by atoms with Gasteiger partial charge < -0.3 is 4.52 Å². The van der Waals surface area contributed by atoms with E-state index in [2.05, 4.69) is 10.1 Å². The molecule has 3 aromatic rings. The molecule has 0 aliphatic rings. The third-order valence-corrected chi connectivity index (χ3v) is 3.48. The molecule has 0 spiro atoms. The van der Waals surface area contributed by atoms with Crippen LogP contribution >= 0.6 is 0 Å². The van der Waals surface area contributed by atoms with Crippen molar-refractivity contribution in [1.29, 1.82) is 0 Å². The summed E-state index contributed by atoms with van der Waals surface area (Å²) in [7, 11) is 1.96. The van der Waals surface area contributed by atoms with Crippen LogP contribution in [0.1, 0.15) is 22.7 Å². The number of rotatable bonds is 4. The van der Waals surface area contributed by atoms with Crippen molar-refractivity contribution in [3.63, 3.8) is 0 Å². The second-order valence-electron chi connectivity index (χ2n) is 5.57. The van der Waals surface area contributed by atoms with Crippen LogP contribution in [0.25, 0.3) is 5.65 Å². The van der Waals surface area contributed by atoms with Gasteiger partial charge in [0.15, 0.2) is 0 Å². The topological polar surface area (TPSA) is 63.6 Å². The quantitative estimate of drug-likeness (QED) is 0.736. The first-order valence-electron chi connectivity index (χ1n) is 7.11. The molecule has 0 bridgehead atoms. The van der Waals surface area contributed by atoms with Gasteiger partial charge in [0.05, 0.1) is 11.4 Å². The number of fused-ring (bicyclic) bond motifs is 1. The van der Waals surface area contributed by atoms with Crippen LogP contribution in [0, 0.1) is 13.8 Å². The average molecular weight is 298 g/mol. The summed E-state index contributed by atoms with van der Waals surface area (Å²) in [5, 5.41) is 3.98. The highest BCUT2D eigenvalue weighted by molar-refractivity contribution is 5.46. The Labute approximate surface area is 128 Å². The smallest absolute Gasteiger partial charge is 0.258 e. The molecule has 0 aromatic carbocycles. The van der Waals surface area contributed by atoms with Crippen molar-refractivity contribution in [3.8, 4) is 0 Å². The van der Waals surface area contributed by atoms with Gasteiger partial charge in [-0.3, -0.25) is 14.1 Å². The minimum atomic E-state index is -0.0608. The number of hydrogen-bond acceptors (Lipinski definition) is 5. The van der Waals surface area contributed by atoms with Crippen LogP contribution in [-0.4, -0.2) is 26.5 Å². The van der Waals surface area contributed by atoms with Gasteiger partial charge >= 0.3 is 0 Å². The highest BCUT2D eigenvalue weighted by Crippen LogP contribution is 2.09. The Bertz CT molecular complexity index is 866. The molecular formula is C16H18N4O2. The summed E-state index contributed by atoms with van der Waals surface area (Å²) in [6.07, 6.45) is 1.74. The minimum absolute atomic E-state index is 0.0608. The molecule has 3 heterocycles. The van der Waals surface area contributed by atoms with Crippen molar-refractivity contribution < 1.29 is 4.52 Å². The standard InChI is InChI=1S/C16H18N4O2/c1-11-5-4-6-20-15(21)8-13(17-16(11)20)9-19(3)10-14-7-12(2)22-18-14/h4-8H,9-10H2,1-3H3. The number of aromatic nitrogens is 3. The lowest BCUT2D eigenvalue weighted by molar-refractivity contribution is 0.299. The van der Waals surface area contributed by atoms with E-state index < -0.39 is 0 Å². The molecule has 22 heavy (non-hydrogen) atoms. The Kier molecular flexibility index (Phi) is 3.77. The lowest BCUT2D eigenvalue weighted by Crippen LogP contribution is -2.22. The molecule has 0 saturated carbocycles. The second-order valence-corrected chi connectivity index (χ2v) is 5.57. The Morgan fingerprint density at radius 1 is 1.23 bits per heavy atom. The van der Waals surface area contributed by atoms with Gasteiger partial charge in [0, 0.05) is 31.4 Å². The van der Waals surface area contributed by atoms with Crippen LogP contribution in [0.15, 0.2) is 39.8 Å². The number of pyridine rings is 1. The Hall–Kier alpha value is -2.47. The monoisotopic (exact) mass is 298 g/mol. The molecule has 114 valence electrons. The maximum Gasteiger partial charge on any atom is 0.258 e. The van der Waals surface area contributed by atoms with Gasteiger partial charge in [-0.05, 0) is 32.5 Å². The van der Waals surface area contributed by atoms with E-state index in [9.17, 15) is 4.79 Å². The van der Waals surface area contributed by atoms with Crippen molar-refractivity contribution in [2.75, 3.05) is 7.05 Å². The molecule has 3 aromatic heterocycles. The maximum atomic E-state index is 12.2. The fourth-order valence-corrected chi connectivity index (χ4v) is 2.49. The molecular weight excluding hydrogens is 280 g/mol. The normalized spacial score (nSPS) is 11.5.